The molecular formula is C8H12N4O3S. The van der Waals surface area contributed by atoms with Gasteiger partial charge in [-0.15, -0.1) is 0 Å². The van der Waals surface area contributed by atoms with Crippen LogP contribution in [0.4, 0.5) is 0 Å². The Balaban J connectivity index is 2.83. The third-order valence-electron chi connectivity index (χ3n) is 1.81. The quantitative estimate of drug-likeness (QED) is 0.236. The first kappa shape index (κ1) is 12.4. The van der Waals surface area contributed by atoms with Crippen LogP contribution in [0.3, 0.4) is 0 Å². The first-order chi connectivity index (χ1) is 7.42. The van der Waals surface area contributed by atoms with Gasteiger partial charge < -0.3 is 10.9 Å². The lowest BCUT2D eigenvalue weighted by Crippen LogP contribution is -2.30. The third-order valence-corrected chi connectivity index (χ3v) is 2.35. The molecule has 0 aliphatic heterocycles. The van der Waals surface area contributed by atoms with Gasteiger partial charge in [0.2, 0.25) is 0 Å². The van der Waals surface area contributed by atoms with Gasteiger partial charge in [-0.2, -0.15) is 13.1 Å². The van der Waals surface area contributed by atoms with Crippen molar-refractivity contribution in [2.45, 2.75) is 6.54 Å². The van der Waals surface area contributed by atoms with Gasteiger partial charge in [-0.3, -0.25) is 0 Å². The Morgan fingerprint density at radius 3 is 2.75 bits per heavy atom. The fourth-order valence-electron chi connectivity index (χ4n) is 1.08. The van der Waals surface area contributed by atoms with E-state index in [1.165, 1.54) is 0 Å². The molecule has 1 aromatic carbocycles. The van der Waals surface area contributed by atoms with Crippen molar-refractivity contribution in [3.8, 4) is 0 Å². The Bertz CT molecular complexity index is 498. The first-order valence-electron chi connectivity index (χ1n) is 4.26. The van der Waals surface area contributed by atoms with Crippen molar-refractivity contribution in [3.63, 3.8) is 0 Å². The Labute approximate surface area is 92.9 Å². The van der Waals surface area contributed by atoms with E-state index in [2.05, 4.69) is 9.88 Å². The van der Waals surface area contributed by atoms with Gasteiger partial charge in [0.1, 0.15) is 0 Å². The van der Waals surface area contributed by atoms with Crippen molar-refractivity contribution in [2.24, 2.45) is 16.0 Å². The van der Waals surface area contributed by atoms with E-state index in [4.69, 9.17) is 16.1 Å². The average molecular weight is 244 g/mol. The fourth-order valence-corrected chi connectivity index (χ4v) is 1.45. The predicted molar refractivity (Wildman–Crippen MR) is 58.9 cm³/mol. The Morgan fingerprint density at radius 2 is 2.19 bits per heavy atom. The summed E-state index contributed by atoms with van der Waals surface area (Å²) in [6.07, 6.45) is 0. The summed E-state index contributed by atoms with van der Waals surface area (Å²) in [5, 5.41) is 16.1. The number of nitrogens with two attached hydrogens (primary N) is 2. The number of rotatable bonds is 4. The summed E-state index contributed by atoms with van der Waals surface area (Å²) in [6.45, 7) is 0.0470. The minimum Gasteiger partial charge on any atom is -0.409 e. The maximum atomic E-state index is 10.7. The Morgan fingerprint density at radius 1 is 1.50 bits per heavy atom. The number of amidine groups is 1. The van der Waals surface area contributed by atoms with E-state index in [9.17, 15) is 8.42 Å². The lowest BCUT2D eigenvalue weighted by Gasteiger charge is -2.04. The molecule has 0 spiro atoms. The number of benzene rings is 1. The zero-order valence-corrected chi connectivity index (χ0v) is 9.11. The van der Waals surface area contributed by atoms with Crippen LogP contribution in [0, 0.1) is 0 Å². The second-order valence-electron chi connectivity index (χ2n) is 3.05. The first-order valence-corrected chi connectivity index (χ1v) is 5.81. The summed E-state index contributed by atoms with van der Waals surface area (Å²) in [7, 11) is -3.72. The Kier molecular flexibility index (Phi) is 3.82. The van der Waals surface area contributed by atoms with Gasteiger partial charge in [-0.25, -0.2) is 5.14 Å². The van der Waals surface area contributed by atoms with Crippen LogP contribution in [-0.4, -0.2) is 19.5 Å². The molecule has 0 atom stereocenters. The standard InChI is InChI=1S/C8H12N4O3S/c9-8(12-13)7-3-1-2-6(4-7)5-11-16(10,14)15/h1-4,11,13H,5H2,(H2,9,12)(H2,10,14,15). The molecule has 0 aliphatic rings. The highest BCUT2D eigenvalue weighted by atomic mass is 32.2. The number of nitrogens with one attached hydrogen (secondary N) is 1. The lowest BCUT2D eigenvalue weighted by molar-refractivity contribution is 0.318. The van der Waals surface area contributed by atoms with Crippen molar-refractivity contribution >= 4 is 16.0 Å². The maximum Gasteiger partial charge on any atom is 0.274 e. The molecule has 0 fully saturated rings. The molecule has 88 valence electrons. The van der Waals surface area contributed by atoms with Crippen LogP contribution in [0.25, 0.3) is 0 Å². The zero-order chi connectivity index (χ0) is 12.2. The van der Waals surface area contributed by atoms with Crippen molar-refractivity contribution < 1.29 is 13.6 Å². The van der Waals surface area contributed by atoms with Gasteiger partial charge in [0.25, 0.3) is 10.2 Å². The molecule has 1 rings (SSSR count). The van der Waals surface area contributed by atoms with E-state index >= 15 is 0 Å². The van der Waals surface area contributed by atoms with Gasteiger partial charge in [-0.05, 0) is 11.6 Å². The van der Waals surface area contributed by atoms with Crippen molar-refractivity contribution in [3.05, 3.63) is 35.4 Å². The van der Waals surface area contributed by atoms with E-state index < -0.39 is 10.2 Å². The summed E-state index contributed by atoms with van der Waals surface area (Å²) in [6, 6.07) is 6.57. The monoisotopic (exact) mass is 244 g/mol. The molecule has 1 aromatic rings. The molecule has 0 saturated heterocycles. The number of oxime groups is 1. The van der Waals surface area contributed by atoms with Gasteiger partial charge in [0.15, 0.2) is 5.84 Å². The normalized spacial score (nSPS) is 12.7. The van der Waals surface area contributed by atoms with Crippen LogP contribution >= 0.6 is 0 Å². The molecular weight excluding hydrogens is 232 g/mol. The Hall–Kier alpha value is -1.64. The second kappa shape index (κ2) is 4.92. The summed E-state index contributed by atoms with van der Waals surface area (Å²) in [5.74, 6) is -0.0440. The number of hydrogen-bond acceptors (Lipinski definition) is 4. The summed E-state index contributed by atoms with van der Waals surface area (Å²) in [4.78, 5) is 0. The minimum atomic E-state index is -3.72. The third kappa shape index (κ3) is 3.85. The number of hydrogen-bond donors (Lipinski definition) is 4. The van der Waals surface area contributed by atoms with Crippen LogP contribution in [0.15, 0.2) is 29.4 Å². The molecule has 7 nitrogen and oxygen atoms in total. The summed E-state index contributed by atoms with van der Waals surface area (Å²) >= 11 is 0. The van der Waals surface area contributed by atoms with E-state index in [0.29, 0.717) is 11.1 Å². The van der Waals surface area contributed by atoms with Gasteiger partial charge >= 0.3 is 0 Å². The van der Waals surface area contributed by atoms with E-state index in [1.807, 2.05) is 0 Å². The maximum absolute atomic E-state index is 10.7. The fraction of sp³-hybridized carbons (Fsp3) is 0.125. The molecule has 16 heavy (non-hydrogen) atoms. The number of nitrogens with zero attached hydrogens (tertiary/aromatic N) is 1. The molecule has 0 bridgehead atoms. The molecule has 0 unspecified atom stereocenters. The van der Waals surface area contributed by atoms with Crippen molar-refractivity contribution in [1.82, 2.24) is 4.72 Å². The lowest BCUT2D eigenvalue weighted by atomic mass is 10.1. The molecule has 8 heteroatoms. The topological polar surface area (TPSA) is 131 Å². The highest BCUT2D eigenvalue weighted by Crippen LogP contribution is 2.04. The summed E-state index contributed by atoms with van der Waals surface area (Å²) in [5.41, 5.74) is 6.53. The second-order valence-corrected chi connectivity index (χ2v) is 4.43. The molecule has 0 aliphatic carbocycles. The molecule has 0 saturated carbocycles. The highest BCUT2D eigenvalue weighted by molar-refractivity contribution is 7.87. The smallest absolute Gasteiger partial charge is 0.274 e. The zero-order valence-electron chi connectivity index (χ0n) is 8.29. The highest BCUT2D eigenvalue weighted by Gasteiger charge is 2.03. The average Bonchev–Trinajstić information content (AvgIpc) is 2.25. The van der Waals surface area contributed by atoms with Crippen LogP contribution in [-0.2, 0) is 16.8 Å². The van der Waals surface area contributed by atoms with Gasteiger partial charge in [0, 0.05) is 12.1 Å². The van der Waals surface area contributed by atoms with E-state index in [1.54, 1.807) is 24.3 Å². The minimum absolute atomic E-state index is 0.0440. The molecule has 0 aromatic heterocycles. The van der Waals surface area contributed by atoms with Gasteiger partial charge in [-0.1, -0.05) is 23.4 Å². The van der Waals surface area contributed by atoms with Crippen molar-refractivity contribution in [1.29, 1.82) is 0 Å². The largest absolute Gasteiger partial charge is 0.409 e. The van der Waals surface area contributed by atoms with Crippen LogP contribution in [0.5, 0.6) is 0 Å². The molecule has 0 amide bonds. The van der Waals surface area contributed by atoms with E-state index in [-0.39, 0.29) is 12.4 Å². The molecule has 0 radical (unpaired) electrons. The SMILES string of the molecule is N/C(=N/O)c1cccc(CNS(N)(=O)=O)c1. The van der Waals surface area contributed by atoms with Crippen molar-refractivity contribution in [2.75, 3.05) is 0 Å². The van der Waals surface area contributed by atoms with Crippen LogP contribution in [0.1, 0.15) is 11.1 Å². The van der Waals surface area contributed by atoms with Crippen LogP contribution in [0.2, 0.25) is 0 Å². The van der Waals surface area contributed by atoms with Gasteiger partial charge in [0.05, 0.1) is 0 Å². The summed E-state index contributed by atoms with van der Waals surface area (Å²) < 4.78 is 23.4. The molecule has 6 N–H and O–H groups in total. The predicted octanol–water partition coefficient (Wildman–Crippen LogP) is -0.926. The van der Waals surface area contributed by atoms with Crippen LogP contribution < -0.4 is 15.6 Å². The van der Waals surface area contributed by atoms with E-state index in [0.717, 1.165) is 0 Å². The molecule has 0 heterocycles.